The number of hydrogen-bond donors (Lipinski definition) is 1. The highest BCUT2D eigenvalue weighted by Crippen LogP contribution is 2.33. The number of nitrogens with two attached hydrogens (primary N) is 1. The normalized spacial score (nSPS) is 27.2. The molecule has 0 radical (unpaired) electrons. The number of halogens is 1. The third-order valence-electron chi connectivity index (χ3n) is 4.64. The maximum absolute atomic E-state index is 13.2. The van der Waals surface area contributed by atoms with Crippen molar-refractivity contribution < 1.29 is 4.39 Å². The maximum Gasteiger partial charge on any atom is 0.123 e. The van der Waals surface area contributed by atoms with Gasteiger partial charge in [-0.2, -0.15) is 0 Å². The predicted molar refractivity (Wildman–Crippen MR) is 82.0 cm³/mol. The highest BCUT2D eigenvalue weighted by molar-refractivity contribution is 5.22. The summed E-state index contributed by atoms with van der Waals surface area (Å²) < 4.78 is 13.2. The SMILES string of the molecule is CCC(N)C(c1ccc(F)cc1)N1CCC(C)CC1C. The van der Waals surface area contributed by atoms with E-state index in [4.69, 9.17) is 5.73 Å². The van der Waals surface area contributed by atoms with Crippen LogP contribution in [0.15, 0.2) is 24.3 Å². The van der Waals surface area contributed by atoms with E-state index in [1.165, 1.54) is 12.8 Å². The summed E-state index contributed by atoms with van der Waals surface area (Å²) >= 11 is 0. The highest BCUT2D eigenvalue weighted by Gasteiger charge is 2.32. The molecule has 0 aliphatic carbocycles. The lowest BCUT2D eigenvalue weighted by Crippen LogP contribution is -2.48. The molecular formula is C17H27FN2. The van der Waals surface area contributed by atoms with Crippen LogP contribution < -0.4 is 5.73 Å². The molecule has 0 aromatic heterocycles. The first-order valence-electron chi connectivity index (χ1n) is 7.79. The van der Waals surface area contributed by atoms with E-state index in [0.717, 1.165) is 24.4 Å². The van der Waals surface area contributed by atoms with Crippen LogP contribution >= 0.6 is 0 Å². The van der Waals surface area contributed by atoms with Crippen LogP contribution in [-0.4, -0.2) is 23.5 Å². The van der Waals surface area contributed by atoms with Gasteiger partial charge >= 0.3 is 0 Å². The molecule has 3 heteroatoms. The minimum atomic E-state index is -0.183. The van der Waals surface area contributed by atoms with Crippen molar-refractivity contribution in [3.8, 4) is 0 Å². The third-order valence-corrected chi connectivity index (χ3v) is 4.64. The first-order chi connectivity index (χ1) is 9.52. The molecule has 1 aliphatic rings. The zero-order valence-corrected chi connectivity index (χ0v) is 12.8. The van der Waals surface area contributed by atoms with E-state index in [2.05, 4.69) is 25.7 Å². The largest absolute Gasteiger partial charge is 0.326 e. The Balaban J connectivity index is 2.25. The number of likely N-dealkylation sites (tertiary alicyclic amines) is 1. The van der Waals surface area contributed by atoms with Crippen molar-refractivity contribution in [1.29, 1.82) is 0 Å². The second-order valence-electron chi connectivity index (χ2n) is 6.28. The van der Waals surface area contributed by atoms with E-state index in [1.54, 1.807) is 12.1 Å². The predicted octanol–water partition coefficient (Wildman–Crippen LogP) is 3.72. The van der Waals surface area contributed by atoms with Crippen LogP contribution in [0.5, 0.6) is 0 Å². The fourth-order valence-corrected chi connectivity index (χ4v) is 3.41. The van der Waals surface area contributed by atoms with E-state index in [-0.39, 0.29) is 17.9 Å². The van der Waals surface area contributed by atoms with Gasteiger partial charge in [-0.15, -0.1) is 0 Å². The van der Waals surface area contributed by atoms with Gasteiger partial charge in [0.15, 0.2) is 0 Å². The fourth-order valence-electron chi connectivity index (χ4n) is 3.41. The minimum absolute atomic E-state index is 0.0938. The van der Waals surface area contributed by atoms with Crippen molar-refractivity contribution in [3.05, 3.63) is 35.6 Å². The first-order valence-corrected chi connectivity index (χ1v) is 7.79. The Kier molecular flexibility index (Phi) is 5.17. The summed E-state index contributed by atoms with van der Waals surface area (Å²) in [6.07, 6.45) is 3.37. The van der Waals surface area contributed by atoms with Crippen LogP contribution in [0.4, 0.5) is 4.39 Å². The van der Waals surface area contributed by atoms with Gasteiger partial charge in [0.25, 0.3) is 0 Å². The van der Waals surface area contributed by atoms with Gasteiger partial charge in [0.05, 0.1) is 6.04 Å². The Morgan fingerprint density at radius 1 is 1.30 bits per heavy atom. The van der Waals surface area contributed by atoms with Crippen molar-refractivity contribution >= 4 is 0 Å². The smallest absolute Gasteiger partial charge is 0.123 e. The van der Waals surface area contributed by atoms with Crippen molar-refractivity contribution in [2.24, 2.45) is 11.7 Å². The van der Waals surface area contributed by atoms with Gasteiger partial charge in [0.1, 0.15) is 5.82 Å². The molecule has 1 saturated heterocycles. The summed E-state index contributed by atoms with van der Waals surface area (Å²) in [7, 11) is 0. The van der Waals surface area contributed by atoms with E-state index < -0.39 is 0 Å². The van der Waals surface area contributed by atoms with Gasteiger partial charge in [-0.1, -0.05) is 26.0 Å². The molecule has 0 spiro atoms. The Bertz CT molecular complexity index is 418. The monoisotopic (exact) mass is 278 g/mol. The van der Waals surface area contributed by atoms with Crippen molar-refractivity contribution in [1.82, 2.24) is 4.90 Å². The minimum Gasteiger partial charge on any atom is -0.326 e. The molecule has 1 aliphatic heterocycles. The lowest BCUT2D eigenvalue weighted by atomic mass is 9.88. The standard InChI is InChI=1S/C17H27FN2/c1-4-16(19)17(14-5-7-15(18)8-6-14)20-10-9-12(2)11-13(20)3/h5-8,12-13,16-17H,4,9-11,19H2,1-3H3. The molecule has 1 fully saturated rings. The molecule has 2 N–H and O–H groups in total. The van der Waals surface area contributed by atoms with E-state index in [9.17, 15) is 4.39 Å². The van der Waals surface area contributed by atoms with E-state index in [0.29, 0.717) is 6.04 Å². The summed E-state index contributed by atoms with van der Waals surface area (Å²) in [5.74, 6) is 0.603. The molecule has 0 bridgehead atoms. The number of nitrogens with zero attached hydrogens (tertiary/aromatic N) is 1. The van der Waals surface area contributed by atoms with Crippen LogP contribution in [-0.2, 0) is 0 Å². The zero-order valence-electron chi connectivity index (χ0n) is 12.8. The Hall–Kier alpha value is -0.930. The van der Waals surface area contributed by atoms with Crippen molar-refractivity contribution in [2.45, 2.75) is 58.2 Å². The average molecular weight is 278 g/mol. The summed E-state index contributed by atoms with van der Waals surface area (Å²) in [6.45, 7) is 7.81. The highest BCUT2D eigenvalue weighted by atomic mass is 19.1. The molecule has 0 amide bonds. The Morgan fingerprint density at radius 2 is 1.95 bits per heavy atom. The molecule has 20 heavy (non-hydrogen) atoms. The molecule has 1 heterocycles. The van der Waals surface area contributed by atoms with Gasteiger partial charge in [0, 0.05) is 12.1 Å². The van der Waals surface area contributed by atoms with Gasteiger partial charge in [0.2, 0.25) is 0 Å². The molecule has 112 valence electrons. The molecule has 0 saturated carbocycles. The molecule has 2 rings (SSSR count). The van der Waals surface area contributed by atoms with Crippen molar-refractivity contribution in [3.63, 3.8) is 0 Å². The first kappa shape index (κ1) is 15.5. The Labute approximate surface area is 122 Å². The summed E-state index contributed by atoms with van der Waals surface area (Å²) in [5.41, 5.74) is 7.52. The second kappa shape index (κ2) is 6.68. The van der Waals surface area contributed by atoms with Crippen LogP contribution in [0.1, 0.15) is 51.6 Å². The molecular weight excluding hydrogens is 251 g/mol. The maximum atomic E-state index is 13.2. The van der Waals surface area contributed by atoms with Gasteiger partial charge in [-0.3, -0.25) is 4.90 Å². The topological polar surface area (TPSA) is 29.3 Å². The summed E-state index contributed by atoms with van der Waals surface area (Å²) in [5, 5.41) is 0. The number of piperidine rings is 1. The molecule has 4 unspecified atom stereocenters. The van der Waals surface area contributed by atoms with Crippen molar-refractivity contribution in [2.75, 3.05) is 6.54 Å². The van der Waals surface area contributed by atoms with Crippen LogP contribution in [0, 0.1) is 11.7 Å². The molecule has 2 nitrogen and oxygen atoms in total. The number of benzene rings is 1. The summed E-state index contributed by atoms with van der Waals surface area (Å²) in [4.78, 5) is 2.52. The fraction of sp³-hybridized carbons (Fsp3) is 0.647. The van der Waals surface area contributed by atoms with Crippen LogP contribution in [0.25, 0.3) is 0 Å². The quantitative estimate of drug-likeness (QED) is 0.909. The lowest BCUT2D eigenvalue weighted by molar-refractivity contribution is 0.0672. The molecule has 1 aromatic rings. The van der Waals surface area contributed by atoms with Crippen LogP contribution in [0.2, 0.25) is 0 Å². The van der Waals surface area contributed by atoms with E-state index >= 15 is 0 Å². The molecule has 1 aromatic carbocycles. The summed E-state index contributed by atoms with van der Waals surface area (Å²) in [6, 6.07) is 7.69. The average Bonchev–Trinajstić information content (AvgIpc) is 2.43. The third kappa shape index (κ3) is 3.39. The second-order valence-corrected chi connectivity index (χ2v) is 6.28. The lowest BCUT2D eigenvalue weighted by Gasteiger charge is -2.44. The number of hydrogen-bond acceptors (Lipinski definition) is 2. The van der Waals surface area contributed by atoms with Crippen LogP contribution in [0.3, 0.4) is 0 Å². The van der Waals surface area contributed by atoms with E-state index in [1.807, 2.05) is 12.1 Å². The van der Waals surface area contributed by atoms with Gasteiger partial charge in [-0.05, 0) is 56.3 Å². The number of rotatable bonds is 4. The molecule has 4 atom stereocenters. The van der Waals surface area contributed by atoms with Gasteiger partial charge < -0.3 is 5.73 Å². The Morgan fingerprint density at radius 3 is 2.50 bits per heavy atom. The zero-order chi connectivity index (χ0) is 14.7. The van der Waals surface area contributed by atoms with Gasteiger partial charge in [-0.25, -0.2) is 4.39 Å².